The average molecular weight is 421 g/mol. The highest BCUT2D eigenvalue weighted by Gasteiger charge is 2.29. The first kappa shape index (κ1) is 23.0. The third kappa shape index (κ3) is 6.33. The van der Waals surface area contributed by atoms with Gasteiger partial charge < -0.3 is 20.5 Å². The lowest BCUT2D eigenvalue weighted by atomic mass is 9.94. The number of ether oxygens (including phenoxy) is 1. The molecule has 1 aliphatic heterocycles. The molecule has 1 saturated heterocycles. The quantitative estimate of drug-likeness (QED) is 0.466. The van der Waals surface area contributed by atoms with Crippen LogP contribution in [-0.2, 0) is 14.3 Å². The fraction of sp³-hybridized carbons (Fsp3) is 0.524. The first-order valence-corrected chi connectivity index (χ1v) is 10.2. The Hall–Kier alpha value is -2.32. The highest BCUT2D eigenvalue weighted by Crippen LogP contribution is 2.20. The Morgan fingerprint density at radius 2 is 1.76 bits per heavy atom. The van der Waals surface area contributed by atoms with Crippen LogP contribution in [0, 0.1) is 5.92 Å². The SMILES string of the molecule is CCC(OC1CCN(C(=O)CC(C)C(=O)c2ccc(C(N)=S)cc2)CC1)C(=O)O. The maximum atomic E-state index is 12.6. The van der Waals surface area contributed by atoms with Crippen LogP contribution < -0.4 is 5.73 Å². The van der Waals surface area contributed by atoms with Crippen LogP contribution in [0.1, 0.15) is 55.5 Å². The molecular weight excluding hydrogens is 392 g/mol. The Balaban J connectivity index is 1.84. The second-order valence-corrected chi connectivity index (χ2v) is 7.80. The van der Waals surface area contributed by atoms with Crippen molar-refractivity contribution < 1.29 is 24.2 Å². The van der Waals surface area contributed by atoms with E-state index in [1.165, 1.54) is 0 Å². The van der Waals surface area contributed by atoms with Gasteiger partial charge in [0.1, 0.15) is 4.99 Å². The lowest BCUT2D eigenvalue weighted by molar-refractivity contribution is -0.157. The molecule has 0 aromatic heterocycles. The highest BCUT2D eigenvalue weighted by molar-refractivity contribution is 7.80. The van der Waals surface area contributed by atoms with Crippen LogP contribution in [0.4, 0.5) is 0 Å². The summed E-state index contributed by atoms with van der Waals surface area (Å²) in [4.78, 5) is 38.3. The molecular formula is C21H28N2O5S. The number of Topliss-reactive ketones (excluding diaryl/α,β-unsaturated/α-hetero) is 1. The number of likely N-dealkylation sites (tertiary alicyclic amines) is 1. The fourth-order valence-electron chi connectivity index (χ4n) is 3.37. The van der Waals surface area contributed by atoms with Crippen molar-refractivity contribution in [3.8, 4) is 0 Å². The molecule has 29 heavy (non-hydrogen) atoms. The van der Waals surface area contributed by atoms with Gasteiger partial charge in [-0.15, -0.1) is 0 Å². The van der Waals surface area contributed by atoms with E-state index >= 15 is 0 Å². The Bertz CT molecular complexity index is 757. The highest BCUT2D eigenvalue weighted by atomic mass is 32.1. The van der Waals surface area contributed by atoms with E-state index in [-0.39, 0.29) is 29.2 Å². The predicted molar refractivity (Wildman–Crippen MR) is 113 cm³/mol. The van der Waals surface area contributed by atoms with Crippen molar-refractivity contribution in [3.63, 3.8) is 0 Å². The minimum Gasteiger partial charge on any atom is -0.479 e. The van der Waals surface area contributed by atoms with Gasteiger partial charge in [0, 0.05) is 36.6 Å². The number of nitrogens with two attached hydrogens (primary N) is 1. The molecule has 1 aliphatic rings. The number of nitrogens with zero attached hydrogens (tertiary/aromatic N) is 1. The molecule has 0 radical (unpaired) electrons. The molecule has 158 valence electrons. The summed E-state index contributed by atoms with van der Waals surface area (Å²) < 4.78 is 5.62. The Labute approximate surface area is 176 Å². The number of carbonyl (C=O) groups is 3. The molecule has 1 fully saturated rings. The molecule has 2 unspecified atom stereocenters. The van der Waals surface area contributed by atoms with Gasteiger partial charge in [0.15, 0.2) is 11.9 Å². The van der Waals surface area contributed by atoms with Crippen LogP contribution >= 0.6 is 12.2 Å². The van der Waals surface area contributed by atoms with Crippen LogP contribution in [0.15, 0.2) is 24.3 Å². The van der Waals surface area contributed by atoms with E-state index in [2.05, 4.69) is 0 Å². The van der Waals surface area contributed by atoms with Crippen LogP contribution in [0.25, 0.3) is 0 Å². The van der Waals surface area contributed by atoms with E-state index in [4.69, 9.17) is 27.8 Å². The number of hydrogen-bond acceptors (Lipinski definition) is 5. The standard InChI is InChI=1S/C21H28N2O5S/c1-3-17(21(26)27)28-16-8-10-23(11-9-16)18(24)12-13(2)19(25)14-4-6-15(7-5-14)20(22)29/h4-7,13,16-17H,3,8-12H2,1-2H3,(H2,22,29)(H,26,27). The maximum Gasteiger partial charge on any atom is 0.332 e. The van der Waals surface area contributed by atoms with E-state index in [0.29, 0.717) is 43.5 Å². The molecule has 0 bridgehead atoms. The summed E-state index contributed by atoms with van der Waals surface area (Å²) in [6.45, 7) is 4.52. The van der Waals surface area contributed by atoms with Gasteiger partial charge in [-0.2, -0.15) is 0 Å². The number of carbonyl (C=O) groups excluding carboxylic acids is 2. The lowest BCUT2D eigenvalue weighted by Crippen LogP contribution is -2.43. The third-order valence-electron chi connectivity index (χ3n) is 5.18. The largest absolute Gasteiger partial charge is 0.479 e. The zero-order valence-electron chi connectivity index (χ0n) is 16.8. The predicted octanol–water partition coefficient (Wildman–Crippen LogP) is 2.40. The van der Waals surface area contributed by atoms with Crippen molar-refractivity contribution in [3.05, 3.63) is 35.4 Å². The smallest absolute Gasteiger partial charge is 0.332 e. The van der Waals surface area contributed by atoms with Crippen molar-refractivity contribution in [2.75, 3.05) is 13.1 Å². The molecule has 7 nitrogen and oxygen atoms in total. The van der Waals surface area contributed by atoms with Gasteiger partial charge in [-0.1, -0.05) is 50.3 Å². The van der Waals surface area contributed by atoms with Gasteiger partial charge >= 0.3 is 5.97 Å². The van der Waals surface area contributed by atoms with Gasteiger partial charge in [0.2, 0.25) is 5.91 Å². The number of thiocarbonyl (C=S) groups is 1. The topological polar surface area (TPSA) is 110 Å². The van der Waals surface area contributed by atoms with Crippen LogP contribution in [0.5, 0.6) is 0 Å². The van der Waals surface area contributed by atoms with Crippen LogP contribution in [-0.4, -0.2) is 58.0 Å². The first-order chi connectivity index (χ1) is 13.7. The van der Waals surface area contributed by atoms with Crippen molar-refractivity contribution in [1.82, 2.24) is 4.90 Å². The first-order valence-electron chi connectivity index (χ1n) is 9.83. The Morgan fingerprint density at radius 3 is 2.24 bits per heavy atom. The van der Waals surface area contributed by atoms with E-state index in [1.807, 2.05) is 0 Å². The molecule has 0 spiro atoms. The number of carboxylic acids is 1. The third-order valence-corrected chi connectivity index (χ3v) is 5.42. The second kappa shape index (κ2) is 10.5. The fourth-order valence-corrected chi connectivity index (χ4v) is 3.51. The molecule has 0 aliphatic carbocycles. The number of carboxylic acid groups (broad SMARTS) is 1. The van der Waals surface area contributed by atoms with E-state index in [0.717, 1.165) is 0 Å². The summed E-state index contributed by atoms with van der Waals surface area (Å²) in [5, 5.41) is 9.10. The maximum absolute atomic E-state index is 12.6. The minimum absolute atomic E-state index is 0.0747. The molecule has 2 rings (SSSR count). The van der Waals surface area contributed by atoms with Crippen molar-refractivity contribution in [2.24, 2.45) is 11.7 Å². The van der Waals surface area contributed by atoms with Gasteiger partial charge in [0.25, 0.3) is 0 Å². The van der Waals surface area contributed by atoms with Crippen molar-refractivity contribution in [1.29, 1.82) is 0 Å². The summed E-state index contributed by atoms with van der Waals surface area (Å²) in [5.41, 5.74) is 6.78. The molecule has 1 heterocycles. The van der Waals surface area contributed by atoms with E-state index in [9.17, 15) is 14.4 Å². The average Bonchev–Trinajstić information content (AvgIpc) is 2.71. The number of benzene rings is 1. The normalized spacial score (nSPS) is 16.8. The summed E-state index contributed by atoms with van der Waals surface area (Å²) in [5.74, 6) is -1.57. The van der Waals surface area contributed by atoms with Gasteiger partial charge in [-0.25, -0.2) is 4.79 Å². The number of rotatable bonds is 9. The summed E-state index contributed by atoms with van der Waals surface area (Å²) in [6.07, 6.45) is 0.767. The molecule has 0 saturated carbocycles. The molecule has 3 N–H and O–H groups in total. The molecule has 8 heteroatoms. The van der Waals surface area contributed by atoms with Crippen molar-refractivity contribution >= 4 is 34.9 Å². The van der Waals surface area contributed by atoms with E-state index < -0.39 is 18.0 Å². The molecule has 1 aromatic rings. The van der Waals surface area contributed by atoms with Gasteiger partial charge in [-0.05, 0) is 19.3 Å². The number of ketones is 1. The van der Waals surface area contributed by atoms with Crippen molar-refractivity contribution in [2.45, 2.75) is 51.7 Å². The number of hydrogen-bond donors (Lipinski definition) is 2. The number of piperidine rings is 1. The number of aliphatic carboxylic acids is 1. The molecule has 2 atom stereocenters. The zero-order valence-corrected chi connectivity index (χ0v) is 17.6. The summed E-state index contributed by atoms with van der Waals surface area (Å²) >= 11 is 4.91. The summed E-state index contributed by atoms with van der Waals surface area (Å²) in [6, 6.07) is 6.76. The zero-order chi connectivity index (χ0) is 21.6. The molecule has 1 aromatic carbocycles. The summed E-state index contributed by atoms with van der Waals surface area (Å²) in [7, 11) is 0. The second-order valence-electron chi connectivity index (χ2n) is 7.36. The van der Waals surface area contributed by atoms with Gasteiger partial charge in [-0.3, -0.25) is 9.59 Å². The Morgan fingerprint density at radius 1 is 1.21 bits per heavy atom. The minimum atomic E-state index is -0.959. The van der Waals surface area contributed by atoms with E-state index in [1.54, 1.807) is 43.0 Å². The van der Waals surface area contributed by atoms with Crippen LogP contribution in [0.3, 0.4) is 0 Å². The lowest BCUT2D eigenvalue weighted by Gasteiger charge is -2.33. The Kier molecular flexibility index (Phi) is 8.28. The van der Waals surface area contributed by atoms with Crippen LogP contribution in [0.2, 0.25) is 0 Å². The monoisotopic (exact) mass is 420 g/mol. The molecule has 1 amide bonds. The van der Waals surface area contributed by atoms with Gasteiger partial charge in [0.05, 0.1) is 6.10 Å². The number of amides is 1.